The second-order valence-electron chi connectivity index (χ2n) is 9.25. The maximum atomic E-state index is 6.42. The van der Waals surface area contributed by atoms with Gasteiger partial charge in [-0.05, 0) is 74.7 Å². The van der Waals surface area contributed by atoms with Crippen LogP contribution in [0.4, 0.5) is 0 Å². The summed E-state index contributed by atoms with van der Waals surface area (Å²) in [5, 5.41) is 0. The third-order valence-corrected chi connectivity index (χ3v) is 7.73. The SMILES string of the molecule is CP=c1cc(OCC2(C)CCCO2)n2c(c1C)-c1ccc(OCc3ccccc3)cc1CC2. The quantitative estimate of drug-likeness (QED) is 0.385. The largest absolute Gasteiger partial charge is 0.489 e. The van der Waals surface area contributed by atoms with Crippen LogP contribution in [-0.2, 0) is 24.3 Å². The van der Waals surface area contributed by atoms with Gasteiger partial charge in [0.2, 0.25) is 0 Å². The van der Waals surface area contributed by atoms with Crippen LogP contribution in [-0.4, -0.2) is 30.0 Å². The minimum Gasteiger partial charge on any atom is -0.489 e. The zero-order valence-electron chi connectivity index (χ0n) is 19.8. The van der Waals surface area contributed by atoms with Crippen molar-refractivity contribution < 1.29 is 14.2 Å². The fourth-order valence-corrected chi connectivity index (χ4v) is 5.59. The molecule has 5 rings (SSSR count). The predicted molar refractivity (Wildman–Crippen MR) is 134 cm³/mol. The number of hydrogen-bond acceptors (Lipinski definition) is 3. The number of nitrogens with zero attached hydrogens (tertiary/aromatic N) is 1. The average molecular weight is 462 g/mol. The molecule has 0 amide bonds. The van der Waals surface area contributed by atoms with Crippen molar-refractivity contribution in [2.45, 2.75) is 51.9 Å². The highest BCUT2D eigenvalue weighted by molar-refractivity contribution is 7.28. The Bertz CT molecular complexity index is 1210. The van der Waals surface area contributed by atoms with E-state index in [1.807, 2.05) is 18.2 Å². The van der Waals surface area contributed by atoms with Crippen molar-refractivity contribution in [1.82, 2.24) is 4.57 Å². The van der Waals surface area contributed by atoms with E-state index in [4.69, 9.17) is 14.2 Å². The molecule has 172 valence electrons. The molecule has 4 nitrogen and oxygen atoms in total. The number of rotatable bonds is 6. The van der Waals surface area contributed by atoms with E-state index in [1.165, 1.54) is 41.1 Å². The molecule has 5 heteroatoms. The van der Waals surface area contributed by atoms with Crippen LogP contribution in [0.5, 0.6) is 11.6 Å². The van der Waals surface area contributed by atoms with Crippen LogP contribution in [0.1, 0.15) is 36.5 Å². The van der Waals surface area contributed by atoms with E-state index in [1.54, 1.807) is 0 Å². The molecule has 33 heavy (non-hydrogen) atoms. The van der Waals surface area contributed by atoms with Crippen molar-refractivity contribution in [3.05, 3.63) is 76.2 Å². The number of aromatic nitrogens is 1. The Kier molecular flexibility index (Phi) is 6.32. The number of aryl methyl sites for hydroxylation is 1. The molecule has 0 N–H and O–H groups in total. The van der Waals surface area contributed by atoms with E-state index in [0.717, 1.165) is 44.0 Å². The van der Waals surface area contributed by atoms with Gasteiger partial charge in [-0.25, -0.2) is 0 Å². The van der Waals surface area contributed by atoms with Gasteiger partial charge in [0, 0.05) is 29.7 Å². The highest BCUT2D eigenvalue weighted by atomic mass is 31.1. The molecule has 0 spiro atoms. The molecule has 2 aromatic carbocycles. The molecule has 0 bridgehead atoms. The van der Waals surface area contributed by atoms with Crippen molar-refractivity contribution in [2.24, 2.45) is 0 Å². The lowest BCUT2D eigenvalue weighted by molar-refractivity contribution is -0.0180. The lowest BCUT2D eigenvalue weighted by Gasteiger charge is -2.29. The van der Waals surface area contributed by atoms with Gasteiger partial charge in [0.15, 0.2) is 5.88 Å². The van der Waals surface area contributed by atoms with E-state index in [2.05, 4.69) is 61.5 Å². The van der Waals surface area contributed by atoms with Crippen LogP contribution in [0, 0.1) is 11.9 Å². The Balaban J connectivity index is 1.45. The molecule has 2 aliphatic heterocycles. The fraction of sp³-hybridized carbons (Fsp3) is 0.393. The molecule has 2 aliphatic rings. The van der Waals surface area contributed by atoms with Gasteiger partial charge < -0.3 is 18.8 Å². The number of fused-ring (bicyclic) bond motifs is 3. The number of benzene rings is 2. The van der Waals surface area contributed by atoms with Crippen molar-refractivity contribution in [2.75, 3.05) is 19.9 Å². The first-order chi connectivity index (χ1) is 16.1. The van der Waals surface area contributed by atoms with Crippen molar-refractivity contribution in [3.63, 3.8) is 0 Å². The zero-order chi connectivity index (χ0) is 22.8. The molecule has 1 atom stereocenters. The molecule has 1 fully saturated rings. The fourth-order valence-electron chi connectivity index (χ4n) is 4.91. The van der Waals surface area contributed by atoms with E-state index in [-0.39, 0.29) is 5.60 Å². The van der Waals surface area contributed by atoms with Crippen LogP contribution in [0.25, 0.3) is 11.3 Å². The second kappa shape index (κ2) is 9.37. The summed E-state index contributed by atoms with van der Waals surface area (Å²) in [5.41, 5.74) is 6.22. The second-order valence-corrected chi connectivity index (χ2v) is 10.2. The van der Waals surface area contributed by atoms with Gasteiger partial charge >= 0.3 is 0 Å². The highest BCUT2D eigenvalue weighted by Crippen LogP contribution is 2.38. The normalized spacial score (nSPS) is 19.8. The smallest absolute Gasteiger partial charge is 0.194 e. The summed E-state index contributed by atoms with van der Waals surface area (Å²) < 4.78 is 20.8. The minimum absolute atomic E-state index is 0.181. The third kappa shape index (κ3) is 4.60. The Morgan fingerprint density at radius 3 is 2.70 bits per heavy atom. The first kappa shape index (κ1) is 22.3. The molecule has 3 heterocycles. The van der Waals surface area contributed by atoms with Crippen molar-refractivity contribution in [1.29, 1.82) is 0 Å². The molecule has 1 unspecified atom stereocenters. The molecule has 0 saturated carbocycles. The number of pyridine rings is 1. The van der Waals surface area contributed by atoms with Gasteiger partial charge in [0.25, 0.3) is 0 Å². The van der Waals surface area contributed by atoms with Crippen molar-refractivity contribution >= 4 is 8.20 Å². The zero-order valence-corrected chi connectivity index (χ0v) is 20.7. The summed E-state index contributed by atoms with van der Waals surface area (Å²) in [4.78, 5) is 1.31. The predicted octanol–water partition coefficient (Wildman–Crippen LogP) is 6.65. The van der Waals surface area contributed by atoms with Crippen LogP contribution in [0.15, 0.2) is 54.6 Å². The van der Waals surface area contributed by atoms with Gasteiger partial charge in [-0.1, -0.05) is 38.5 Å². The molecule has 1 saturated heterocycles. The Morgan fingerprint density at radius 2 is 1.94 bits per heavy atom. The lowest BCUT2D eigenvalue weighted by Crippen LogP contribution is -2.32. The van der Waals surface area contributed by atoms with Gasteiger partial charge in [-0.3, -0.25) is 0 Å². The Labute approximate surface area is 197 Å². The van der Waals surface area contributed by atoms with Gasteiger partial charge in [-0.2, -0.15) is 0 Å². The van der Waals surface area contributed by atoms with Crippen LogP contribution in [0.2, 0.25) is 0 Å². The molecule has 0 aliphatic carbocycles. The van der Waals surface area contributed by atoms with Crippen LogP contribution >= 0.6 is 8.20 Å². The standard InChI is InChI=1S/C28H32NO3P/c1-20-25(33-3)17-26(31-19-28(2)13-7-15-32-28)29-14-12-22-16-23(10-11-24(22)27(20)29)30-18-21-8-5-4-6-9-21/h4-6,8-11,16-17H,7,12-15,18-19H2,1-3H3. The summed E-state index contributed by atoms with van der Waals surface area (Å²) >= 11 is 0. The molecule has 3 aromatic rings. The van der Waals surface area contributed by atoms with E-state index < -0.39 is 0 Å². The summed E-state index contributed by atoms with van der Waals surface area (Å²) in [7, 11) is 1.25. The molecule has 0 radical (unpaired) electrons. The highest BCUT2D eigenvalue weighted by Gasteiger charge is 2.31. The minimum atomic E-state index is -0.181. The summed E-state index contributed by atoms with van der Waals surface area (Å²) in [6.07, 6.45) is 3.13. The first-order valence-corrected chi connectivity index (χ1v) is 13.1. The van der Waals surface area contributed by atoms with E-state index in [9.17, 15) is 0 Å². The Morgan fingerprint density at radius 1 is 1.09 bits per heavy atom. The van der Waals surface area contributed by atoms with Crippen LogP contribution in [0.3, 0.4) is 0 Å². The summed E-state index contributed by atoms with van der Waals surface area (Å²) in [6, 6.07) is 19.1. The monoisotopic (exact) mass is 461 g/mol. The topological polar surface area (TPSA) is 32.6 Å². The van der Waals surface area contributed by atoms with E-state index in [0.29, 0.717) is 13.2 Å². The summed E-state index contributed by atoms with van der Waals surface area (Å²) in [6.45, 7) is 9.50. The summed E-state index contributed by atoms with van der Waals surface area (Å²) in [5.74, 6) is 1.88. The van der Waals surface area contributed by atoms with Crippen LogP contribution < -0.4 is 9.47 Å². The van der Waals surface area contributed by atoms with Gasteiger partial charge in [0.05, 0.1) is 11.3 Å². The van der Waals surface area contributed by atoms with Gasteiger partial charge in [0.1, 0.15) is 19.0 Å². The molecule has 1 aromatic heterocycles. The average Bonchev–Trinajstić information content (AvgIpc) is 3.29. The Hall–Kier alpha value is -2.55. The first-order valence-electron chi connectivity index (χ1n) is 11.8. The number of hydrogen-bond donors (Lipinski definition) is 0. The third-order valence-electron chi connectivity index (χ3n) is 6.79. The molecular weight excluding hydrogens is 429 g/mol. The van der Waals surface area contributed by atoms with E-state index >= 15 is 0 Å². The van der Waals surface area contributed by atoms with Gasteiger partial charge in [-0.15, -0.1) is 0 Å². The number of ether oxygens (including phenoxy) is 3. The maximum Gasteiger partial charge on any atom is 0.194 e. The maximum absolute atomic E-state index is 6.42. The molecular formula is C28H32NO3P. The van der Waals surface area contributed by atoms with Crippen molar-refractivity contribution in [3.8, 4) is 22.9 Å². The lowest BCUT2D eigenvalue weighted by atomic mass is 9.94.